The molecule has 5 nitrogen and oxygen atoms in total. The van der Waals surface area contributed by atoms with E-state index in [0.717, 1.165) is 44.0 Å². The highest BCUT2D eigenvalue weighted by atomic mass is 15.1. The predicted molar refractivity (Wildman–Crippen MR) is 118 cm³/mol. The van der Waals surface area contributed by atoms with Gasteiger partial charge in [0.2, 0.25) is 0 Å². The number of pyridine rings is 1. The smallest absolute Gasteiger partial charge is 0.0639 e. The molecule has 2 heterocycles. The normalized spacial score (nSPS) is 18.0. The standard InChI is InChI=1S/C23H31N5/c1-18-13-24-12-11-23(18)26-14-19-5-7-20(8-6-19)16-28(4)17-21-9-10-22(15-25-21)27(2)3/h5-10,12,15,18H,11,13-14,16-17H2,1-4H3. The molecule has 0 radical (unpaired) electrons. The van der Waals surface area contributed by atoms with Crippen molar-refractivity contribution in [3.8, 4) is 0 Å². The summed E-state index contributed by atoms with van der Waals surface area (Å²) in [5, 5.41) is 0. The number of nitrogens with zero attached hydrogens (tertiary/aromatic N) is 5. The highest BCUT2D eigenvalue weighted by Crippen LogP contribution is 2.14. The third-order valence-electron chi connectivity index (χ3n) is 5.08. The van der Waals surface area contributed by atoms with E-state index < -0.39 is 0 Å². The molecule has 1 aromatic carbocycles. The second-order valence-electron chi connectivity index (χ2n) is 7.85. The van der Waals surface area contributed by atoms with Crippen molar-refractivity contribution in [1.29, 1.82) is 0 Å². The molecule has 3 rings (SSSR count). The van der Waals surface area contributed by atoms with Crippen molar-refractivity contribution >= 4 is 17.6 Å². The summed E-state index contributed by atoms with van der Waals surface area (Å²) < 4.78 is 0. The fourth-order valence-corrected chi connectivity index (χ4v) is 3.28. The molecule has 1 unspecified atom stereocenters. The first-order valence-corrected chi connectivity index (χ1v) is 9.91. The summed E-state index contributed by atoms with van der Waals surface area (Å²) in [6, 6.07) is 13.0. The first kappa shape index (κ1) is 20.2. The van der Waals surface area contributed by atoms with E-state index in [-0.39, 0.29) is 0 Å². The first-order valence-electron chi connectivity index (χ1n) is 9.91. The molecule has 0 fully saturated rings. The van der Waals surface area contributed by atoms with Crippen molar-refractivity contribution in [2.75, 3.05) is 32.6 Å². The lowest BCUT2D eigenvalue weighted by Crippen LogP contribution is -2.19. The molecule has 0 N–H and O–H groups in total. The maximum atomic E-state index is 4.80. The van der Waals surface area contributed by atoms with Crippen molar-refractivity contribution in [2.45, 2.75) is 33.0 Å². The molecule has 2 aromatic rings. The van der Waals surface area contributed by atoms with Crippen molar-refractivity contribution in [3.05, 3.63) is 59.4 Å². The summed E-state index contributed by atoms with van der Waals surface area (Å²) in [5.74, 6) is 0.471. The van der Waals surface area contributed by atoms with Crippen LogP contribution in [-0.2, 0) is 19.6 Å². The lowest BCUT2D eigenvalue weighted by molar-refractivity contribution is 0.315. The maximum absolute atomic E-state index is 4.80. The van der Waals surface area contributed by atoms with Gasteiger partial charge in [-0.15, -0.1) is 0 Å². The average molecular weight is 378 g/mol. The number of rotatable bonds is 7. The van der Waals surface area contributed by atoms with Crippen LogP contribution in [0.5, 0.6) is 0 Å². The van der Waals surface area contributed by atoms with Crippen LogP contribution in [0.25, 0.3) is 0 Å². The molecular weight excluding hydrogens is 346 g/mol. The van der Waals surface area contributed by atoms with Gasteiger partial charge in [-0.1, -0.05) is 31.2 Å². The van der Waals surface area contributed by atoms with Crippen LogP contribution >= 0.6 is 0 Å². The van der Waals surface area contributed by atoms with Crippen molar-refractivity contribution in [3.63, 3.8) is 0 Å². The summed E-state index contributed by atoms with van der Waals surface area (Å²) in [6.45, 7) is 5.57. The first-order chi connectivity index (χ1) is 13.5. The van der Waals surface area contributed by atoms with Gasteiger partial charge in [-0.25, -0.2) is 0 Å². The zero-order chi connectivity index (χ0) is 19.9. The van der Waals surface area contributed by atoms with E-state index >= 15 is 0 Å². The van der Waals surface area contributed by atoms with Crippen LogP contribution in [0.3, 0.4) is 0 Å². The summed E-state index contributed by atoms with van der Waals surface area (Å²) in [6.07, 6.45) is 4.81. The molecule has 28 heavy (non-hydrogen) atoms. The van der Waals surface area contributed by atoms with E-state index in [1.165, 1.54) is 16.8 Å². The molecule has 0 spiro atoms. The molecule has 0 saturated carbocycles. The Morgan fingerprint density at radius 2 is 1.75 bits per heavy atom. The number of hydrogen-bond acceptors (Lipinski definition) is 5. The van der Waals surface area contributed by atoms with E-state index in [1.54, 1.807) is 0 Å². The van der Waals surface area contributed by atoms with Gasteiger partial charge in [0.25, 0.3) is 0 Å². The molecule has 5 heteroatoms. The summed E-state index contributed by atoms with van der Waals surface area (Å²) in [4.78, 5) is 18.0. The lowest BCUT2D eigenvalue weighted by Gasteiger charge is -2.18. The summed E-state index contributed by atoms with van der Waals surface area (Å²) in [7, 11) is 6.19. The van der Waals surface area contributed by atoms with E-state index in [1.807, 2.05) is 26.5 Å². The van der Waals surface area contributed by atoms with E-state index in [2.05, 4.69) is 70.1 Å². The molecule has 0 saturated heterocycles. The van der Waals surface area contributed by atoms with Crippen molar-refractivity contribution in [2.24, 2.45) is 15.9 Å². The zero-order valence-corrected chi connectivity index (χ0v) is 17.5. The van der Waals surface area contributed by atoms with Gasteiger partial charge in [0.05, 0.1) is 24.1 Å². The highest BCUT2D eigenvalue weighted by Gasteiger charge is 2.12. The molecule has 1 aromatic heterocycles. The Morgan fingerprint density at radius 1 is 1.00 bits per heavy atom. The lowest BCUT2D eigenvalue weighted by atomic mass is 10.0. The van der Waals surface area contributed by atoms with Crippen LogP contribution < -0.4 is 4.90 Å². The van der Waals surface area contributed by atoms with Crippen LogP contribution in [0.2, 0.25) is 0 Å². The van der Waals surface area contributed by atoms with Gasteiger partial charge in [0, 0.05) is 58.0 Å². The Hall–Kier alpha value is -2.53. The monoisotopic (exact) mass is 377 g/mol. The van der Waals surface area contributed by atoms with Gasteiger partial charge < -0.3 is 4.90 Å². The minimum atomic E-state index is 0.471. The quantitative estimate of drug-likeness (QED) is 0.736. The van der Waals surface area contributed by atoms with E-state index in [9.17, 15) is 0 Å². The maximum Gasteiger partial charge on any atom is 0.0639 e. The van der Waals surface area contributed by atoms with E-state index in [4.69, 9.17) is 4.99 Å². The Morgan fingerprint density at radius 3 is 2.39 bits per heavy atom. The highest BCUT2D eigenvalue weighted by molar-refractivity contribution is 5.98. The van der Waals surface area contributed by atoms with Gasteiger partial charge in [-0.05, 0) is 30.3 Å². The van der Waals surface area contributed by atoms with Crippen LogP contribution in [0.15, 0.2) is 52.6 Å². The molecule has 148 valence electrons. The summed E-state index contributed by atoms with van der Waals surface area (Å²) in [5.41, 5.74) is 6.05. The Balaban J connectivity index is 1.52. The summed E-state index contributed by atoms with van der Waals surface area (Å²) >= 11 is 0. The fraction of sp³-hybridized carbons (Fsp3) is 0.435. The topological polar surface area (TPSA) is 44.1 Å². The fourth-order valence-electron chi connectivity index (χ4n) is 3.28. The molecule has 0 amide bonds. The number of hydrogen-bond donors (Lipinski definition) is 0. The number of aliphatic imine (C=N–C) groups is 2. The number of benzene rings is 1. The third-order valence-corrected chi connectivity index (χ3v) is 5.08. The van der Waals surface area contributed by atoms with Crippen molar-refractivity contribution < 1.29 is 0 Å². The Kier molecular flexibility index (Phi) is 6.93. The van der Waals surface area contributed by atoms with Crippen LogP contribution in [-0.4, -0.2) is 49.5 Å². The molecule has 1 atom stereocenters. The van der Waals surface area contributed by atoms with Gasteiger partial charge in [0.15, 0.2) is 0 Å². The van der Waals surface area contributed by atoms with E-state index in [0.29, 0.717) is 5.92 Å². The molecule has 0 aliphatic carbocycles. The second kappa shape index (κ2) is 9.60. The minimum Gasteiger partial charge on any atom is -0.376 e. The van der Waals surface area contributed by atoms with Gasteiger partial charge in [-0.3, -0.25) is 19.9 Å². The molecule has 0 bridgehead atoms. The second-order valence-corrected chi connectivity index (χ2v) is 7.85. The van der Waals surface area contributed by atoms with Gasteiger partial charge >= 0.3 is 0 Å². The molecular formula is C23H31N5. The Labute approximate surface area is 168 Å². The van der Waals surface area contributed by atoms with Gasteiger partial charge in [-0.2, -0.15) is 0 Å². The molecule has 1 aliphatic heterocycles. The van der Waals surface area contributed by atoms with Crippen LogP contribution in [0.4, 0.5) is 5.69 Å². The van der Waals surface area contributed by atoms with Crippen LogP contribution in [0.1, 0.15) is 30.2 Å². The average Bonchev–Trinajstić information content (AvgIpc) is 2.69. The number of aromatic nitrogens is 1. The van der Waals surface area contributed by atoms with Crippen molar-refractivity contribution in [1.82, 2.24) is 9.88 Å². The van der Waals surface area contributed by atoms with Gasteiger partial charge in [0.1, 0.15) is 0 Å². The number of anilines is 1. The predicted octanol–water partition coefficient (Wildman–Crippen LogP) is 3.83. The molecule has 1 aliphatic rings. The minimum absolute atomic E-state index is 0.471. The zero-order valence-electron chi connectivity index (χ0n) is 17.5. The van der Waals surface area contributed by atoms with Crippen LogP contribution in [0, 0.1) is 5.92 Å². The SMILES string of the molecule is CC1CN=CCC1=NCc1ccc(CN(C)Cc2ccc(N(C)C)cn2)cc1. The Bertz CT molecular complexity index is 806. The largest absolute Gasteiger partial charge is 0.376 e. The third kappa shape index (κ3) is 5.73.